The van der Waals surface area contributed by atoms with Gasteiger partial charge in [0.05, 0.1) is 25.8 Å². The van der Waals surface area contributed by atoms with Crippen molar-refractivity contribution in [3.8, 4) is 22.8 Å². The van der Waals surface area contributed by atoms with Gasteiger partial charge in [-0.1, -0.05) is 76.4 Å². The molecule has 1 aliphatic carbocycles. The van der Waals surface area contributed by atoms with Crippen molar-refractivity contribution in [3.63, 3.8) is 0 Å². The van der Waals surface area contributed by atoms with Crippen molar-refractivity contribution in [1.82, 2.24) is 9.88 Å². The number of aryl methyl sites for hydroxylation is 1. The van der Waals surface area contributed by atoms with Crippen LogP contribution in [0.5, 0.6) is 11.6 Å². The Morgan fingerprint density at radius 1 is 1.07 bits per heavy atom. The van der Waals surface area contributed by atoms with Gasteiger partial charge in [0.15, 0.2) is 0 Å². The summed E-state index contributed by atoms with van der Waals surface area (Å²) in [7, 11) is 1.53. The number of carbonyl (C=O) groups is 1. The number of aliphatic carboxylic acids is 1. The number of carboxylic acid groups (broad SMARTS) is 1. The maximum Gasteiger partial charge on any atom is 0.306 e. The summed E-state index contributed by atoms with van der Waals surface area (Å²) < 4.78 is 24.8. The monoisotopic (exact) mass is 550 g/mol. The van der Waals surface area contributed by atoms with Gasteiger partial charge in [-0.15, -0.1) is 0 Å². The Morgan fingerprint density at radius 2 is 1.80 bits per heavy atom. The fraction of sp³-hybridized carbons (Fsp3) is 0.455. The largest absolute Gasteiger partial charge is 0.493 e. The second kappa shape index (κ2) is 16.0. The average Bonchev–Trinajstić information content (AvgIpc) is 3.87. The summed E-state index contributed by atoms with van der Waals surface area (Å²) in [6.45, 7) is 9.48. The van der Waals surface area contributed by atoms with Crippen LogP contribution in [0.15, 0.2) is 54.7 Å². The number of carboxylic acids is 1. The molecule has 5 rings (SSSR count). The van der Waals surface area contributed by atoms with E-state index in [2.05, 4.69) is 29.8 Å². The molecule has 1 atom stereocenters. The summed E-state index contributed by atoms with van der Waals surface area (Å²) in [6, 6.07) is 15.6. The van der Waals surface area contributed by atoms with E-state index >= 15 is 0 Å². The smallest absolute Gasteiger partial charge is 0.306 e. The molecule has 1 aromatic heterocycles. The molecule has 0 radical (unpaired) electrons. The van der Waals surface area contributed by atoms with E-state index in [1.165, 1.54) is 38.1 Å². The fourth-order valence-electron chi connectivity index (χ4n) is 4.30. The molecule has 2 aliphatic rings. The lowest BCUT2D eigenvalue weighted by molar-refractivity contribution is -0.141. The Hall–Kier alpha value is -3.45. The van der Waals surface area contributed by atoms with Gasteiger partial charge in [-0.3, -0.25) is 9.69 Å². The third-order valence-electron chi connectivity index (χ3n) is 6.93. The zero-order valence-corrected chi connectivity index (χ0v) is 24.3. The number of methoxy groups -OCH3 is 1. The van der Waals surface area contributed by atoms with Gasteiger partial charge < -0.3 is 14.6 Å². The molecule has 0 amide bonds. The van der Waals surface area contributed by atoms with E-state index in [1.807, 2.05) is 36.4 Å². The van der Waals surface area contributed by atoms with Crippen LogP contribution in [0.3, 0.4) is 0 Å². The molecule has 40 heavy (non-hydrogen) atoms. The second-order valence-electron chi connectivity index (χ2n) is 10.2. The van der Waals surface area contributed by atoms with Gasteiger partial charge in [0.25, 0.3) is 0 Å². The predicted molar refractivity (Wildman–Crippen MR) is 157 cm³/mol. The number of fused-ring (bicyclic) bond motifs is 1. The molecule has 1 fully saturated rings. The summed E-state index contributed by atoms with van der Waals surface area (Å²) in [5, 5.41) is 8.85. The van der Waals surface area contributed by atoms with E-state index in [1.54, 1.807) is 13.0 Å². The van der Waals surface area contributed by atoms with Crippen LogP contribution in [-0.2, 0) is 24.2 Å². The van der Waals surface area contributed by atoms with Crippen molar-refractivity contribution in [3.05, 3.63) is 77.2 Å². The van der Waals surface area contributed by atoms with Crippen LogP contribution in [0.4, 0.5) is 4.39 Å². The topological polar surface area (TPSA) is 71.9 Å². The molecule has 2 heterocycles. The van der Waals surface area contributed by atoms with Crippen molar-refractivity contribution in [2.24, 2.45) is 5.92 Å². The number of benzene rings is 2. The number of hydrogen-bond acceptors (Lipinski definition) is 5. The fourth-order valence-corrected chi connectivity index (χ4v) is 4.30. The minimum absolute atomic E-state index is 0.331. The summed E-state index contributed by atoms with van der Waals surface area (Å²) in [4.78, 5) is 17.0. The summed E-state index contributed by atoms with van der Waals surface area (Å²) in [5.74, 6) is -0.0755. The van der Waals surface area contributed by atoms with Gasteiger partial charge in [-0.2, -0.15) is 0 Å². The highest BCUT2D eigenvalue weighted by Crippen LogP contribution is 2.29. The van der Waals surface area contributed by atoms with Crippen molar-refractivity contribution >= 4 is 5.97 Å². The van der Waals surface area contributed by atoms with Crippen molar-refractivity contribution in [1.29, 1.82) is 0 Å². The summed E-state index contributed by atoms with van der Waals surface area (Å²) >= 11 is 0. The second-order valence-corrected chi connectivity index (χ2v) is 10.2. The first-order chi connectivity index (χ1) is 19.4. The van der Waals surface area contributed by atoms with Gasteiger partial charge in [-0.05, 0) is 60.7 Å². The van der Waals surface area contributed by atoms with E-state index in [4.69, 9.17) is 14.6 Å². The Bertz CT molecular complexity index is 1220. The van der Waals surface area contributed by atoms with Gasteiger partial charge >= 0.3 is 5.97 Å². The Morgan fingerprint density at radius 3 is 2.45 bits per heavy atom. The molecule has 7 heteroatoms. The first-order valence-electron chi connectivity index (χ1n) is 14.3. The molecule has 216 valence electrons. The number of pyridine rings is 1. The molecule has 1 N–H and O–H groups in total. The number of aromatic nitrogens is 1. The van der Waals surface area contributed by atoms with Gasteiger partial charge in [0.1, 0.15) is 11.6 Å². The summed E-state index contributed by atoms with van der Waals surface area (Å²) in [5.41, 5.74) is 4.80. The van der Waals surface area contributed by atoms with E-state index in [9.17, 15) is 9.18 Å². The van der Waals surface area contributed by atoms with Crippen LogP contribution in [0.1, 0.15) is 63.1 Å². The van der Waals surface area contributed by atoms with Gasteiger partial charge in [0.2, 0.25) is 5.88 Å². The van der Waals surface area contributed by atoms with Gasteiger partial charge in [-0.25, -0.2) is 9.37 Å². The van der Waals surface area contributed by atoms with Gasteiger partial charge in [0, 0.05) is 18.2 Å². The first-order valence-corrected chi connectivity index (χ1v) is 14.3. The number of halogens is 1. The third-order valence-corrected chi connectivity index (χ3v) is 6.93. The average molecular weight is 551 g/mol. The Balaban J connectivity index is 0.000000204. The minimum atomic E-state index is -0.751. The van der Waals surface area contributed by atoms with Crippen LogP contribution >= 0.6 is 0 Å². The SMILES string of the molecule is C1CC1.CC(Cc1ccc2c(c1)OCCC2)C(=O)O.CCN(CC)Cc1ccccc1-c1cc(OC)ncc1F. The quantitative estimate of drug-likeness (QED) is 0.304. The lowest BCUT2D eigenvalue weighted by Crippen LogP contribution is -2.22. The number of rotatable bonds is 9. The van der Waals surface area contributed by atoms with E-state index in [0.29, 0.717) is 17.9 Å². The highest BCUT2D eigenvalue weighted by atomic mass is 19.1. The van der Waals surface area contributed by atoms with Crippen LogP contribution < -0.4 is 9.47 Å². The minimum Gasteiger partial charge on any atom is -0.493 e. The number of hydrogen-bond donors (Lipinski definition) is 1. The number of nitrogens with zero attached hydrogens (tertiary/aromatic N) is 2. The summed E-state index contributed by atoms with van der Waals surface area (Å²) in [6.07, 6.45) is 8.40. The van der Waals surface area contributed by atoms with Crippen LogP contribution in [0.2, 0.25) is 0 Å². The molecular weight excluding hydrogens is 507 g/mol. The lowest BCUT2D eigenvalue weighted by Gasteiger charge is -2.20. The standard InChI is InChI=1S/C17H21FN2O.C13H16O3.C3H6/c1-4-20(5-2)12-13-8-6-7-9-14(13)15-10-17(21-3)19-11-16(15)18;1-9(13(14)15)7-10-4-5-11-3-2-6-16-12(11)8-10;1-2-3-1/h6-11H,4-5,12H2,1-3H3;4-5,8-9H,2-3,6-7H2,1H3,(H,14,15);1-3H2. The Kier molecular flexibility index (Phi) is 12.4. The molecule has 1 unspecified atom stereocenters. The van der Waals surface area contributed by atoms with Crippen molar-refractivity contribution < 1.29 is 23.8 Å². The molecule has 6 nitrogen and oxygen atoms in total. The first kappa shape index (κ1) is 31.1. The maximum absolute atomic E-state index is 14.1. The molecule has 0 bridgehead atoms. The zero-order chi connectivity index (χ0) is 28.9. The maximum atomic E-state index is 14.1. The van der Waals surface area contributed by atoms with Crippen LogP contribution in [0, 0.1) is 11.7 Å². The van der Waals surface area contributed by atoms with Crippen molar-refractivity contribution in [2.75, 3.05) is 26.8 Å². The molecule has 0 spiro atoms. The molecule has 2 aromatic carbocycles. The van der Waals surface area contributed by atoms with E-state index in [-0.39, 0.29) is 11.7 Å². The lowest BCUT2D eigenvalue weighted by atomic mass is 9.98. The molecule has 3 aromatic rings. The normalized spacial score (nSPS) is 13.9. The molecule has 0 saturated heterocycles. The molecule has 1 saturated carbocycles. The third kappa shape index (κ3) is 9.63. The number of ether oxygens (including phenoxy) is 2. The van der Waals surface area contributed by atoms with E-state index < -0.39 is 5.97 Å². The Labute approximate surface area is 238 Å². The zero-order valence-electron chi connectivity index (χ0n) is 24.3. The van der Waals surface area contributed by atoms with E-state index in [0.717, 1.165) is 61.5 Å². The molecular formula is C33H43FN2O4. The van der Waals surface area contributed by atoms with Crippen molar-refractivity contribution in [2.45, 2.75) is 65.8 Å². The van der Waals surface area contributed by atoms with Crippen LogP contribution in [0.25, 0.3) is 11.1 Å². The highest BCUT2D eigenvalue weighted by molar-refractivity contribution is 5.70. The van der Waals surface area contributed by atoms with Crippen LogP contribution in [-0.4, -0.2) is 47.8 Å². The molecule has 1 aliphatic heterocycles. The highest BCUT2D eigenvalue weighted by Gasteiger charge is 2.15. The predicted octanol–water partition coefficient (Wildman–Crippen LogP) is 7.18.